The molecule has 3 aromatic rings. The lowest BCUT2D eigenvalue weighted by molar-refractivity contribution is 0.0981. The van der Waals surface area contributed by atoms with Crippen molar-refractivity contribution in [1.29, 1.82) is 0 Å². The molecule has 2 fully saturated rings. The summed E-state index contributed by atoms with van der Waals surface area (Å²) in [7, 11) is -4.21. The third-order valence-electron chi connectivity index (χ3n) is 7.88. The molecule has 1 atom stereocenters. The highest BCUT2D eigenvalue weighted by Crippen LogP contribution is 2.45. The fourth-order valence-corrected chi connectivity index (χ4v) is 6.25. The standard InChI is InChI=1S/C27H33N7O4S/c1-26(2)15-18-9-13-28-20-5-4-6-23(29-20)39(36,37)32-25(35)19-7-8-21(30-24(19)33(26)16-18)34-14-10-22(31-34)38-17-27(3)11-12-27/h4-8,10,14,18H,9,11-13,15-17H2,1-3H3,(H,28,29)(H,32,35). The van der Waals surface area contributed by atoms with Gasteiger partial charge in [-0.1, -0.05) is 13.0 Å². The van der Waals surface area contributed by atoms with Crippen LogP contribution in [0, 0.1) is 11.3 Å². The van der Waals surface area contributed by atoms with Gasteiger partial charge in [-0.05, 0) is 69.7 Å². The average Bonchev–Trinajstić information content (AvgIpc) is 3.30. The van der Waals surface area contributed by atoms with E-state index in [1.807, 2.05) is 0 Å². The Bertz CT molecular complexity index is 1530. The first kappa shape index (κ1) is 25.6. The number of amides is 1. The van der Waals surface area contributed by atoms with Crippen molar-refractivity contribution in [2.45, 2.75) is 57.0 Å². The highest BCUT2D eigenvalue weighted by Gasteiger charge is 2.41. The Balaban J connectivity index is 1.38. The van der Waals surface area contributed by atoms with Crippen molar-refractivity contribution < 1.29 is 17.9 Å². The molecule has 6 rings (SSSR count). The van der Waals surface area contributed by atoms with Crippen molar-refractivity contribution in [2.24, 2.45) is 11.3 Å². The van der Waals surface area contributed by atoms with Crippen LogP contribution in [0.5, 0.6) is 5.88 Å². The molecule has 3 aromatic heterocycles. The number of carbonyl (C=O) groups is 1. The number of fused-ring (bicyclic) bond motifs is 6. The summed E-state index contributed by atoms with van der Waals surface area (Å²) >= 11 is 0. The van der Waals surface area contributed by atoms with Crippen molar-refractivity contribution in [3.05, 3.63) is 48.2 Å². The number of nitrogens with zero attached hydrogens (tertiary/aromatic N) is 5. The molecule has 4 bridgehead atoms. The van der Waals surface area contributed by atoms with Crippen LogP contribution in [-0.4, -0.2) is 59.3 Å². The first-order valence-corrected chi connectivity index (χ1v) is 14.8. The van der Waals surface area contributed by atoms with Gasteiger partial charge in [-0.2, -0.15) is 8.42 Å². The zero-order chi connectivity index (χ0) is 27.4. The molecule has 1 unspecified atom stereocenters. The van der Waals surface area contributed by atoms with E-state index in [-0.39, 0.29) is 21.5 Å². The Morgan fingerprint density at radius 2 is 1.92 bits per heavy atom. The highest BCUT2D eigenvalue weighted by atomic mass is 32.2. The molecule has 39 heavy (non-hydrogen) atoms. The Kier molecular flexibility index (Phi) is 6.05. The third-order valence-corrected chi connectivity index (χ3v) is 9.11. The Morgan fingerprint density at radius 1 is 1.10 bits per heavy atom. The molecular formula is C27H33N7O4S. The van der Waals surface area contributed by atoms with E-state index >= 15 is 0 Å². The van der Waals surface area contributed by atoms with Crippen LogP contribution in [-0.2, 0) is 10.0 Å². The van der Waals surface area contributed by atoms with E-state index in [1.165, 1.54) is 6.07 Å². The Labute approximate surface area is 228 Å². The third kappa shape index (κ3) is 5.17. The fourth-order valence-electron chi connectivity index (χ4n) is 5.32. The molecule has 3 aliphatic rings. The summed E-state index contributed by atoms with van der Waals surface area (Å²) in [5.74, 6) is 1.48. The van der Waals surface area contributed by atoms with Gasteiger partial charge in [0, 0.05) is 36.3 Å². The number of carbonyl (C=O) groups excluding carboxylic acids is 1. The number of rotatable bonds is 4. The molecule has 11 nitrogen and oxygen atoms in total. The van der Waals surface area contributed by atoms with Crippen molar-refractivity contribution in [2.75, 3.05) is 29.9 Å². The maximum absolute atomic E-state index is 13.5. The molecule has 1 aliphatic carbocycles. The summed E-state index contributed by atoms with van der Waals surface area (Å²) < 4.78 is 35.9. The highest BCUT2D eigenvalue weighted by molar-refractivity contribution is 7.90. The van der Waals surface area contributed by atoms with E-state index in [9.17, 15) is 13.2 Å². The van der Waals surface area contributed by atoms with Crippen LogP contribution >= 0.6 is 0 Å². The minimum atomic E-state index is -4.21. The van der Waals surface area contributed by atoms with Gasteiger partial charge in [-0.3, -0.25) is 4.79 Å². The molecule has 1 saturated carbocycles. The molecule has 12 heteroatoms. The number of hydrogen-bond acceptors (Lipinski definition) is 9. The SMILES string of the molecule is CC1(COc2ccn(-c3ccc4c(n3)N3CC(CCNc5cccc(n5)S(=O)(=O)NC4=O)CC3(C)C)n2)CC1. The largest absolute Gasteiger partial charge is 0.476 e. The smallest absolute Gasteiger partial charge is 0.281 e. The van der Waals surface area contributed by atoms with Crippen molar-refractivity contribution in [3.8, 4) is 11.7 Å². The van der Waals surface area contributed by atoms with E-state index < -0.39 is 15.9 Å². The van der Waals surface area contributed by atoms with Crippen LogP contribution in [0.2, 0.25) is 0 Å². The maximum atomic E-state index is 13.5. The second kappa shape index (κ2) is 9.22. The summed E-state index contributed by atoms with van der Waals surface area (Å²) in [6, 6.07) is 9.76. The number of ether oxygens (including phenoxy) is 1. The van der Waals surface area contributed by atoms with Gasteiger partial charge in [0.15, 0.2) is 10.8 Å². The summed E-state index contributed by atoms with van der Waals surface area (Å²) in [5.41, 5.74) is 0.0979. The second-order valence-corrected chi connectivity index (χ2v) is 13.4. The first-order chi connectivity index (χ1) is 18.5. The zero-order valence-corrected chi connectivity index (χ0v) is 23.2. The van der Waals surface area contributed by atoms with Crippen LogP contribution in [0.3, 0.4) is 0 Å². The topological polar surface area (TPSA) is 131 Å². The van der Waals surface area contributed by atoms with Gasteiger partial charge in [0.25, 0.3) is 15.9 Å². The van der Waals surface area contributed by atoms with E-state index in [2.05, 4.69) is 45.8 Å². The predicted octanol–water partition coefficient (Wildman–Crippen LogP) is 3.38. The molecule has 206 valence electrons. The van der Waals surface area contributed by atoms with Crippen LogP contribution < -0.4 is 19.7 Å². The quantitative estimate of drug-likeness (QED) is 0.501. The van der Waals surface area contributed by atoms with E-state index in [1.54, 1.807) is 41.2 Å². The summed E-state index contributed by atoms with van der Waals surface area (Å²) in [4.78, 5) is 24.7. The number of hydrogen-bond donors (Lipinski definition) is 2. The van der Waals surface area contributed by atoms with Gasteiger partial charge in [0.1, 0.15) is 11.6 Å². The molecular weight excluding hydrogens is 518 g/mol. The van der Waals surface area contributed by atoms with Gasteiger partial charge in [-0.25, -0.2) is 19.4 Å². The predicted molar refractivity (Wildman–Crippen MR) is 146 cm³/mol. The van der Waals surface area contributed by atoms with Crippen molar-refractivity contribution in [1.82, 2.24) is 24.5 Å². The van der Waals surface area contributed by atoms with E-state index in [4.69, 9.17) is 9.72 Å². The summed E-state index contributed by atoms with van der Waals surface area (Å²) in [6.07, 6.45) is 5.84. The fraction of sp³-hybridized carbons (Fsp3) is 0.481. The number of anilines is 2. The van der Waals surface area contributed by atoms with Gasteiger partial charge >= 0.3 is 0 Å². The van der Waals surface area contributed by atoms with Crippen molar-refractivity contribution in [3.63, 3.8) is 0 Å². The van der Waals surface area contributed by atoms with E-state index in [0.29, 0.717) is 48.9 Å². The minimum Gasteiger partial charge on any atom is -0.476 e. The number of aromatic nitrogens is 4. The number of pyridine rings is 2. The summed E-state index contributed by atoms with van der Waals surface area (Å²) in [5, 5.41) is 7.54. The number of nitrogens with one attached hydrogen (secondary N) is 2. The molecule has 0 radical (unpaired) electrons. The normalized spacial score (nSPS) is 22.7. The lowest BCUT2D eigenvalue weighted by atomic mass is 9.94. The molecule has 0 aromatic carbocycles. The molecule has 5 heterocycles. The van der Waals surface area contributed by atoms with Crippen LogP contribution in [0.15, 0.2) is 47.6 Å². The molecule has 2 N–H and O–H groups in total. The zero-order valence-electron chi connectivity index (χ0n) is 22.3. The minimum absolute atomic E-state index is 0.174. The second-order valence-electron chi connectivity index (χ2n) is 11.7. The van der Waals surface area contributed by atoms with Crippen LogP contribution in [0.1, 0.15) is 56.8 Å². The first-order valence-electron chi connectivity index (χ1n) is 13.3. The van der Waals surface area contributed by atoms with Crippen LogP contribution in [0.4, 0.5) is 11.6 Å². The summed E-state index contributed by atoms with van der Waals surface area (Å²) in [6.45, 7) is 8.37. The van der Waals surface area contributed by atoms with Gasteiger partial charge < -0.3 is 15.0 Å². The lowest BCUT2D eigenvalue weighted by Crippen LogP contribution is -2.41. The average molecular weight is 552 g/mol. The maximum Gasteiger partial charge on any atom is 0.281 e. The van der Waals surface area contributed by atoms with Gasteiger partial charge in [0.05, 0.1) is 12.2 Å². The molecule has 0 spiro atoms. The molecule has 2 aliphatic heterocycles. The lowest BCUT2D eigenvalue weighted by Gasteiger charge is -2.34. The van der Waals surface area contributed by atoms with Gasteiger partial charge in [0.2, 0.25) is 5.88 Å². The Hall–Kier alpha value is -3.67. The van der Waals surface area contributed by atoms with Crippen LogP contribution in [0.25, 0.3) is 5.82 Å². The number of sulfonamides is 1. The van der Waals surface area contributed by atoms with E-state index in [0.717, 1.165) is 25.7 Å². The molecule has 1 amide bonds. The van der Waals surface area contributed by atoms with Gasteiger partial charge in [-0.15, -0.1) is 5.10 Å². The monoisotopic (exact) mass is 551 g/mol. The Morgan fingerprint density at radius 3 is 2.72 bits per heavy atom. The molecule has 1 saturated heterocycles. The van der Waals surface area contributed by atoms with Crippen molar-refractivity contribution >= 4 is 27.6 Å².